The van der Waals surface area contributed by atoms with Crippen LogP contribution < -0.4 is 10.2 Å². The van der Waals surface area contributed by atoms with Gasteiger partial charge in [0.1, 0.15) is 11.6 Å². The van der Waals surface area contributed by atoms with Crippen molar-refractivity contribution in [3.63, 3.8) is 0 Å². The summed E-state index contributed by atoms with van der Waals surface area (Å²) < 4.78 is 1.95. The molecule has 1 aromatic carbocycles. The van der Waals surface area contributed by atoms with Crippen molar-refractivity contribution >= 4 is 23.1 Å². The molecule has 1 aliphatic rings. The number of rotatable bonds is 5. The molecule has 0 bridgehead atoms. The summed E-state index contributed by atoms with van der Waals surface area (Å²) in [5, 5.41) is 2.88. The summed E-state index contributed by atoms with van der Waals surface area (Å²) in [6.07, 6.45) is 5.09. The number of nitrogens with zero attached hydrogens (tertiary/aromatic N) is 3. The molecule has 1 saturated heterocycles. The molecule has 26 heavy (non-hydrogen) atoms. The predicted octanol–water partition coefficient (Wildman–Crippen LogP) is 2.05. The van der Waals surface area contributed by atoms with Crippen LogP contribution in [0.4, 0.5) is 5.69 Å². The van der Waals surface area contributed by atoms with E-state index in [9.17, 15) is 9.59 Å². The zero-order chi connectivity index (χ0) is 17.9. The van der Waals surface area contributed by atoms with Crippen LogP contribution >= 0.6 is 0 Å². The Bertz CT molecular complexity index is 902. The van der Waals surface area contributed by atoms with Crippen molar-refractivity contribution < 1.29 is 9.59 Å². The Kier molecular flexibility index (Phi) is 4.39. The number of nitrogens with one attached hydrogen (secondary N) is 1. The second-order valence-electron chi connectivity index (χ2n) is 6.41. The minimum absolute atomic E-state index is 0.124. The smallest absolute Gasteiger partial charge is 0.239 e. The summed E-state index contributed by atoms with van der Waals surface area (Å²) in [5.41, 5.74) is 2.65. The SMILES string of the molecule is O=C(NCCc1cn2ccccc2n1)[C@@H]1CCN(c2ccccc2)C1=O. The Morgan fingerprint density at radius 1 is 1.15 bits per heavy atom. The van der Waals surface area contributed by atoms with Gasteiger partial charge in [-0.05, 0) is 30.7 Å². The van der Waals surface area contributed by atoms with Gasteiger partial charge < -0.3 is 14.6 Å². The summed E-state index contributed by atoms with van der Waals surface area (Å²) >= 11 is 0. The Labute approximate surface area is 151 Å². The van der Waals surface area contributed by atoms with Crippen LogP contribution in [0.2, 0.25) is 0 Å². The highest BCUT2D eigenvalue weighted by atomic mass is 16.2. The Hall–Kier alpha value is -3.15. The molecule has 6 heteroatoms. The minimum atomic E-state index is -0.601. The van der Waals surface area contributed by atoms with Crippen molar-refractivity contribution in [3.8, 4) is 0 Å². The number of pyridine rings is 1. The molecule has 1 atom stereocenters. The van der Waals surface area contributed by atoms with Crippen molar-refractivity contribution in [2.45, 2.75) is 12.8 Å². The summed E-state index contributed by atoms with van der Waals surface area (Å²) in [4.78, 5) is 31.2. The van der Waals surface area contributed by atoms with E-state index >= 15 is 0 Å². The number of carbonyl (C=O) groups excluding carboxylic acids is 2. The molecule has 0 aliphatic carbocycles. The number of fused-ring (bicyclic) bond motifs is 1. The fourth-order valence-corrected chi connectivity index (χ4v) is 3.33. The lowest BCUT2D eigenvalue weighted by molar-refractivity contribution is -0.132. The molecule has 1 aliphatic heterocycles. The number of imidazole rings is 1. The molecular weight excluding hydrogens is 328 g/mol. The maximum absolute atomic E-state index is 12.5. The summed E-state index contributed by atoms with van der Waals surface area (Å²) in [6, 6.07) is 15.3. The van der Waals surface area contributed by atoms with Gasteiger partial charge in [0.2, 0.25) is 11.8 Å². The van der Waals surface area contributed by atoms with Crippen LogP contribution in [-0.4, -0.2) is 34.3 Å². The maximum Gasteiger partial charge on any atom is 0.239 e. The normalized spacial score (nSPS) is 17.0. The zero-order valence-corrected chi connectivity index (χ0v) is 14.3. The Morgan fingerprint density at radius 3 is 2.77 bits per heavy atom. The number of aromatic nitrogens is 2. The quantitative estimate of drug-likeness (QED) is 0.718. The number of benzene rings is 1. The molecule has 2 aromatic heterocycles. The van der Waals surface area contributed by atoms with Gasteiger partial charge in [-0.2, -0.15) is 0 Å². The van der Waals surface area contributed by atoms with Crippen LogP contribution in [-0.2, 0) is 16.0 Å². The number of amides is 2. The highest BCUT2D eigenvalue weighted by Gasteiger charge is 2.37. The third-order valence-electron chi connectivity index (χ3n) is 4.68. The van der Waals surface area contributed by atoms with Gasteiger partial charge in [-0.25, -0.2) is 4.98 Å². The van der Waals surface area contributed by atoms with Crippen LogP contribution in [0.3, 0.4) is 0 Å². The third kappa shape index (κ3) is 3.18. The molecule has 0 unspecified atom stereocenters. The van der Waals surface area contributed by atoms with Gasteiger partial charge in [0, 0.05) is 37.6 Å². The molecule has 3 aromatic rings. The Balaban J connectivity index is 1.33. The largest absolute Gasteiger partial charge is 0.355 e. The van der Waals surface area contributed by atoms with Gasteiger partial charge in [0.15, 0.2) is 0 Å². The standard InChI is InChI=1S/C20H20N4O2/c25-19(17-10-13-24(20(17)26)16-6-2-1-3-7-16)21-11-9-15-14-23-12-5-4-8-18(23)22-15/h1-8,12,14,17H,9-11,13H2,(H,21,25)/t17-/m0/s1. The van der Waals surface area contributed by atoms with E-state index in [4.69, 9.17) is 0 Å². The minimum Gasteiger partial charge on any atom is -0.355 e. The van der Waals surface area contributed by atoms with Gasteiger partial charge in [-0.3, -0.25) is 9.59 Å². The Morgan fingerprint density at radius 2 is 1.96 bits per heavy atom. The molecule has 0 radical (unpaired) electrons. The van der Waals surface area contributed by atoms with Crippen LogP contribution in [0.5, 0.6) is 0 Å². The highest BCUT2D eigenvalue weighted by Crippen LogP contribution is 2.25. The van der Waals surface area contributed by atoms with Crippen molar-refractivity contribution in [3.05, 3.63) is 66.6 Å². The molecular formula is C20H20N4O2. The van der Waals surface area contributed by atoms with Crippen LogP contribution in [0.1, 0.15) is 12.1 Å². The lowest BCUT2D eigenvalue weighted by atomic mass is 10.1. The first kappa shape index (κ1) is 16.3. The van der Waals surface area contributed by atoms with E-state index < -0.39 is 5.92 Å². The molecule has 2 amide bonds. The number of carbonyl (C=O) groups is 2. The monoisotopic (exact) mass is 348 g/mol. The van der Waals surface area contributed by atoms with Gasteiger partial charge in [0.25, 0.3) is 0 Å². The molecule has 1 fully saturated rings. The molecule has 1 N–H and O–H groups in total. The lowest BCUT2D eigenvalue weighted by Gasteiger charge is -2.16. The first-order valence-corrected chi connectivity index (χ1v) is 8.79. The fraction of sp³-hybridized carbons (Fsp3) is 0.250. The van der Waals surface area contributed by atoms with E-state index in [2.05, 4.69) is 10.3 Å². The fourth-order valence-electron chi connectivity index (χ4n) is 3.33. The molecule has 132 valence electrons. The summed E-state index contributed by atoms with van der Waals surface area (Å²) in [7, 11) is 0. The predicted molar refractivity (Wildman–Crippen MR) is 98.8 cm³/mol. The third-order valence-corrected chi connectivity index (χ3v) is 4.68. The zero-order valence-electron chi connectivity index (χ0n) is 14.3. The second-order valence-corrected chi connectivity index (χ2v) is 6.41. The van der Waals surface area contributed by atoms with E-state index in [-0.39, 0.29) is 11.8 Å². The summed E-state index contributed by atoms with van der Waals surface area (Å²) in [5.74, 6) is -0.921. The topological polar surface area (TPSA) is 66.7 Å². The van der Waals surface area contributed by atoms with E-state index in [0.29, 0.717) is 25.9 Å². The highest BCUT2D eigenvalue weighted by molar-refractivity contribution is 6.09. The van der Waals surface area contributed by atoms with E-state index in [1.165, 1.54) is 0 Å². The number of anilines is 1. The second kappa shape index (κ2) is 7.00. The molecule has 4 rings (SSSR count). The van der Waals surface area contributed by atoms with Gasteiger partial charge >= 0.3 is 0 Å². The van der Waals surface area contributed by atoms with Crippen molar-refractivity contribution in [1.82, 2.24) is 14.7 Å². The number of hydrogen-bond donors (Lipinski definition) is 1. The van der Waals surface area contributed by atoms with E-state index in [1.807, 2.05) is 65.3 Å². The van der Waals surface area contributed by atoms with Crippen molar-refractivity contribution in [2.75, 3.05) is 18.0 Å². The molecule has 0 spiro atoms. The maximum atomic E-state index is 12.5. The average molecular weight is 348 g/mol. The molecule has 6 nitrogen and oxygen atoms in total. The van der Waals surface area contributed by atoms with Crippen molar-refractivity contribution in [1.29, 1.82) is 0 Å². The van der Waals surface area contributed by atoms with E-state index in [1.54, 1.807) is 4.90 Å². The van der Waals surface area contributed by atoms with Crippen LogP contribution in [0, 0.1) is 5.92 Å². The van der Waals surface area contributed by atoms with Crippen LogP contribution in [0.25, 0.3) is 5.65 Å². The first-order valence-electron chi connectivity index (χ1n) is 8.79. The molecule has 0 saturated carbocycles. The molecule has 3 heterocycles. The van der Waals surface area contributed by atoms with Crippen LogP contribution in [0.15, 0.2) is 60.9 Å². The summed E-state index contributed by atoms with van der Waals surface area (Å²) in [6.45, 7) is 1.05. The van der Waals surface area contributed by atoms with Crippen molar-refractivity contribution in [2.24, 2.45) is 5.92 Å². The van der Waals surface area contributed by atoms with Gasteiger partial charge in [-0.1, -0.05) is 24.3 Å². The average Bonchev–Trinajstić information content (AvgIpc) is 3.25. The number of hydrogen-bond acceptors (Lipinski definition) is 3. The van der Waals surface area contributed by atoms with E-state index in [0.717, 1.165) is 17.0 Å². The van der Waals surface area contributed by atoms with Gasteiger partial charge in [-0.15, -0.1) is 0 Å². The number of para-hydroxylation sites is 1. The van der Waals surface area contributed by atoms with Gasteiger partial charge in [0.05, 0.1) is 5.69 Å². The lowest BCUT2D eigenvalue weighted by Crippen LogP contribution is -2.37. The first-order chi connectivity index (χ1) is 12.7.